The summed E-state index contributed by atoms with van der Waals surface area (Å²) in [5, 5.41) is 1.88. The minimum absolute atomic E-state index is 0.0394. The van der Waals surface area contributed by atoms with Crippen LogP contribution in [0.25, 0.3) is 11.1 Å². The predicted octanol–water partition coefficient (Wildman–Crippen LogP) is 5.20. The molecule has 0 saturated heterocycles. The highest BCUT2D eigenvalue weighted by Gasteiger charge is 2.29. The molecule has 142 valence electrons. The third-order valence-corrected chi connectivity index (χ3v) is 6.03. The van der Waals surface area contributed by atoms with E-state index in [0.29, 0.717) is 13.0 Å². The zero-order valence-electron chi connectivity index (χ0n) is 15.6. The van der Waals surface area contributed by atoms with E-state index in [1.54, 1.807) is 13.1 Å². The van der Waals surface area contributed by atoms with E-state index < -0.39 is 6.09 Å². The van der Waals surface area contributed by atoms with E-state index in [4.69, 9.17) is 4.74 Å². The van der Waals surface area contributed by atoms with Crippen LogP contribution in [-0.4, -0.2) is 37.0 Å². The summed E-state index contributed by atoms with van der Waals surface area (Å²) in [6, 6.07) is 20.2. The van der Waals surface area contributed by atoms with Gasteiger partial charge in [0.2, 0.25) is 0 Å². The smallest absolute Gasteiger partial charge is 0.409 e. The molecular weight excluding hydrogens is 370 g/mol. The Balaban J connectivity index is 1.37. The van der Waals surface area contributed by atoms with Crippen molar-refractivity contribution in [3.05, 3.63) is 82.0 Å². The lowest BCUT2D eigenvalue weighted by Gasteiger charge is -2.19. The summed E-state index contributed by atoms with van der Waals surface area (Å²) in [6.45, 7) is 0.628. The van der Waals surface area contributed by atoms with Crippen LogP contribution in [0.2, 0.25) is 0 Å². The molecule has 2 aromatic carbocycles. The number of Topliss-reactive ketones (excluding diaryl/α,β-unsaturated/α-hetero) is 1. The fourth-order valence-corrected chi connectivity index (χ4v) is 4.32. The van der Waals surface area contributed by atoms with Gasteiger partial charge in [-0.1, -0.05) is 54.6 Å². The summed E-state index contributed by atoms with van der Waals surface area (Å²) in [7, 11) is 1.67. The van der Waals surface area contributed by atoms with Crippen molar-refractivity contribution in [3.8, 4) is 11.1 Å². The SMILES string of the molecule is CN(CCC(=O)c1cccs1)C(=O)OCC1c2ccccc2-c2ccccc21. The third kappa shape index (κ3) is 3.58. The van der Waals surface area contributed by atoms with E-state index in [2.05, 4.69) is 24.3 Å². The Kier molecular flexibility index (Phi) is 5.26. The van der Waals surface area contributed by atoms with Gasteiger partial charge in [0.25, 0.3) is 0 Å². The number of carbonyl (C=O) groups is 2. The second-order valence-corrected chi connectivity index (χ2v) is 7.82. The van der Waals surface area contributed by atoms with Crippen LogP contribution in [0.3, 0.4) is 0 Å². The molecule has 0 fully saturated rings. The molecule has 0 N–H and O–H groups in total. The molecule has 0 unspecified atom stereocenters. The Bertz CT molecular complexity index is 951. The molecule has 0 atom stereocenters. The lowest BCUT2D eigenvalue weighted by Crippen LogP contribution is -2.30. The number of carbonyl (C=O) groups excluding carboxylic acids is 2. The molecule has 0 saturated carbocycles. The Labute approximate surface area is 168 Å². The second kappa shape index (κ2) is 7.98. The van der Waals surface area contributed by atoms with Gasteiger partial charge in [-0.05, 0) is 33.7 Å². The van der Waals surface area contributed by atoms with Gasteiger partial charge in [0.1, 0.15) is 6.61 Å². The normalized spacial score (nSPS) is 12.3. The first-order valence-electron chi connectivity index (χ1n) is 9.28. The summed E-state index contributed by atoms with van der Waals surface area (Å²) in [4.78, 5) is 26.7. The van der Waals surface area contributed by atoms with Crippen molar-refractivity contribution in [2.24, 2.45) is 0 Å². The number of benzene rings is 2. The van der Waals surface area contributed by atoms with Gasteiger partial charge >= 0.3 is 6.09 Å². The molecule has 1 aromatic heterocycles. The number of hydrogen-bond acceptors (Lipinski definition) is 4. The van der Waals surface area contributed by atoms with Crippen molar-refractivity contribution < 1.29 is 14.3 Å². The van der Waals surface area contributed by atoms with E-state index in [1.165, 1.54) is 38.5 Å². The molecule has 1 aliphatic rings. The van der Waals surface area contributed by atoms with Crippen molar-refractivity contribution in [2.45, 2.75) is 12.3 Å². The summed E-state index contributed by atoms with van der Waals surface area (Å²) < 4.78 is 5.60. The molecule has 1 amide bonds. The number of thiophene rings is 1. The maximum Gasteiger partial charge on any atom is 0.409 e. The molecular formula is C23H21NO3S. The van der Waals surface area contributed by atoms with Crippen molar-refractivity contribution in [1.29, 1.82) is 0 Å². The minimum Gasteiger partial charge on any atom is -0.448 e. The van der Waals surface area contributed by atoms with Crippen molar-refractivity contribution in [3.63, 3.8) is 0 Å². The average Bonchev–Trinajstić information content (AvgIpc) is 3.37. The first kappa shape index (κ1) is 18.4. The standard InChI is InChI=1S/C23H21NO3S/c1-24(13-12-21(25)22-11-6-14-28-22)23(26)27-15-20-18-9-4-2-7-16(18)17-8-3-5-10-19(17)20/h2-11,14,20H,12-13,15H2,1H3. The van der Waals surface area contributed by atoms with Gasteiger partial charge < -0.3 is 9.64 Å². The second-order valence-electron chi connectivity index (χ2n) is 6.88. The molecule has 4 nitrogen and oxygen atoms in total. The third-order valence-electron chi connectivity index (χ3n) is 5.12. The van der Waals surface area contributed by atoms with E-state index >= 15 is 0 Å². The number of ether oxygens (including phenoxy) is 1. The van der Waals surface area contributed by atoms with Crippen LogP contribution in [0.1, 0.15) is 33.1 Å². The lowest BCUT2D eigenvalue weighted by molar-refractivity contribution is 0.0938. The summed E-state index contributed by atoms with van der Waals surface area (Å²) in [5.74, 6) is 0.0887. The van der Waals surface area contributed by atoms with E-state index in [1.807, 2.05) is 35.7 Å². The van der Waals surface area contributed by atoms with Crippen LogP contribution < -0.4 is 0 Å². The largest absolute Gasteiger partial charge is 0.448 e. The zero-order chi connectivity index (χ0) is 19.5. The lowest BCUT2D eigenvalue weighted by atomic mass is 9.98. The van der Waals surface area contributed by atoms with E-state index in [0.717, 1.165) is 4.88 Å². The number of fused-ring (bicyclic) bond motifs is 3. The monoisotopic (exact) mass is 391 g/mol. The zero-order valence-corrected chi connectivity index (χ0v) is 16.4. The average molecular weight is 391 g/mol. The summed E-state index contributed by atoms with van der Waals surface area (Å²) >= 11 is 1.42. The van der Waals surface area contributed by atoms with Gasteiger partial charge in [0, 0.05) is 25.9 Å². The number of rotatable bonds is 6. The van der Waals surface area contributed by atoms with Crippen LogP contribution in [-0.2, 0) is 4.74 Å². The summed E-state index contributed by atoms with van der Waals surface area (Å²) in [6.07, 6.45) is -0.109. The molecule has 1 heterocycles. The molecule has 5 heteroatoms. The predicted molar refractivity (Wildman–Crippen MR) is 111 cm³/mol. The molecule has 1 aliphatic carbocycles. The van der Waals surface area contributed by atoms with Gasteiger partial charge in [-0.15, -0.1) is 11.3 Å². The number of nitrogens with zero attached hydrogens (tertiary/aromatic N) is 1. The maximum atomic E-state index is 12.4. The van der Waals surface area contributed by atoms with Crippen molar-refractivity contribution in [2.75, 3.05) is 20.2 Å². The molecule has 3 aromatic rings. The van der Waals surface area contributed by atoms with Gasteiger partial charge in [-0.2, -0.15) is 0 Å². The van der Waals surface area contributed by atoms with Gasteiger partial charge in [0.15, 0.2) is 5.78 Å². The topological polar surface area (TPSA) is 46.6 Å². The fourth-order valence-electron chi connectivity index (χ4n) is 3.63. The molecule has 0 aliphatic heterocycles. The molecule has 4 rings (SSSR count). The summed E-state index contributed by atoms with van der Waals surface area (Å²) in [5.41, 5.74) is 4.78. The van der Waals surface area contributed by atoms with E-state index in [-0.39, 0.29) is 18.3 Å². The minimum atomic E-state index is -0.402. The number of ketones is 1. The van der Waals surface area contributed by atoms with Crippen LogP contribution in [0, 0.1) is 0 Å². The Morgan fingerprint density at radius 2 is 1.61 bits per heavy atom. The van der Waals surface area contributed by atoms with Gasteiger partial charge in [-0.25, -0.2) is 4.79 Å². The number of amides is 1. The van der Waals surface area contributed by atoms with Crippen LogP contribution in [0.5, 0.6) is 0 Å². The fraction of sp³-hybridized carbons (Fsp3) is 0.217. The van der Waals surface area contributed by atoms with Crippen molar-refractivity contribution >= 4 is 23.2 Å². The highest BCUT2D eigenvalue weighted by Crippen LogP contribution is 2.44. The molecule has 0 radical (unpaired) electrons. The Morgan fingerprint density at radius 3 is 2.21 bits per heavy atom. The van der Waals surface area contributed by atoms with Crippen LogP contribution in [0.15, 0.2) is 66.0 Å². The van der Waals surface area contributed by atoms with Crippen LogP contribution >= 0.6 is 11.3 Å². The Morgan fingerprint density at radius 1 is 0.964 bits per heavy atom. The van der Waals surface area contributed by atoms with Gasteiger partial charge in [0.05, 0.1) is 4.88 Å². The molecule has 0 spiro atoms. The highest BCUT2D eigenvalue weighted by molar-refractivity contribution is 7.12. The van der Waals surface area contributed by atoms with Crippen molar-refractivity contribution in [1.82, 2.24) is 4.90 Å². The number of hydrogen-bond donors (Lipinski definition) is 0. The van der Waals surface area contributed by atoms with Gasteiger partial charge in [-0.3, -0.25) is 4.79 Å². The first-order chi connectivity index (χ1) is 13.6. The van der Waals surface area contributed by atoms with Crippen LogP contribution in [0.4, 0.5) is 4.79 Å². The first-order valence-corrected chi connectivity index (χ1v) is 10.2. The highest BCUT2D eigenvalue weighted by atomic mass is 32.1. The quantitative estimate of drug-likeness (QED) is 0.543. The maximum absolute atomic E-state index is 12.4. The van der Waals surface area contributed by atoms with E-state index in [9.17, 15) is 9.59 Å². The molecule has 0 bridgehead atoms. The molecule has 28 heavy (non-hydrogen) atoms. The Hall–Kier alpha value is -2.92.